The minimum Gasteiger partial charge on any atom is -0.489 e. The third-order valence-corrected chi connectivity index (χ3v) is 4.56. The lowest BCUT2D eigenvalue weighted by molar-refractivity contribution is 0.0939. The van der Waals surface area contributed by atoms with Gasteiger partial charge in [-0.2, -0.15) is 5.10 Å². The van der Waals surface area contributed by atoms with Crippen molar-refractivity contribution in [3.05, 3.63) is 63.8 Å². The fraction of sp³-hybridized carbons (Fsp3) is 0.316. The van der Waals surface area contributed by atoms with Crippen molar-refractivity contribution in [2.75, 3.05) is 0 Å². The summed E-state index contributed by atoms with van der Waals surface area (Å²) in [7, 11) is 0. The van der Waals surface area contributed by atoms with Crippen molar-refractivity contribution in [2.45, 2.75) is 40.5 Å². The predicted octanol–water partition coefficient (Wildman–Crippen LogP) is 3.67. The van der Waals surface area contributed by atoms with Crippen molar-refractivity contribution in [1.29, 1.82) is 0 Å². The van der Waals surface area contributed by atoms with Gasteiger partial charge in [-0.1, -0.05) is 22.8 Å². The molecular formula is C19H21ClN4O3. The smallest absolute Gasteiger partial charge is 0.274 e. The van der Waals surface area contributed by atoms with Crippen molar-refractivity contribution in [1.82, 2.24) is 20.3 Å². The zero-order chi connectivity index (χ0) is 19.4. The van der Waals surface area contributed by atoms with Gasteiger partial charge in [0.25, 0.3) is 5.91 Å². The van der Waals surface area contributed by atoms with Gasteiger partial charge in [-0.05, 0) is 39.0 Å². The Morgan fingerprint density at radius 3 is 2.89 bits per heavy atom. The Labute approximate surface area is 162 Å². The van der Waals surface area contributed by atoms with Gasteiger partial charge in [-0.25, -0.2) is 0 Å². The molecule has 8 heteroatoms. The number of hydrogen-bond acceptors (Lipinski definition) is 5. The van der Waals surface area contributed by atoms with Crippen LogP contribution in [0.5, 0.6) is 5.75 Å². The Morgan fingerprint density at radius 1 is 1.37 bits per heavy atom. The summed E-state index contributed by atoms with van der Waals surface area (Å²) >= 11 is 5.96. The van der Waals surface area contributed by atoms with E-state index >= 15 is 0 Å². The van der Waals surface area contributed by atoms with E-state index in [1.165, 1.54) is 0 Å². The van der Waals surface area contributed by atoms with Gasteiger partial charge in [0.05, 0.1) is 11.8 Å². The first-order chi connectivity index (χ1) is 13.0. The summed E-state index contributed by atoms with van der Waals surface area (Å²) in [5, 5.41) is 11.6. The number of carbonyl (C=O) groups is 1. The molecule has 1 aromatic carbocycles. The lowest BCUT2D eigenvalue weighted by Gasteiger charge is -2.08. The molecule has 0 spiro atoms. The monoisotopic (exact) mass is 388 g/mol. The van der Waals surface area contributed by atoms with E-state index in [1.54, 1.807) is 37.4 Å². The number of ether oxygens (including phenoxy) is 1. The molecule has 2 heterocycles. The van der Waals surface area contributed by atoms with Gasteiger partial charge in [-0.3, -0.25) is 9.48 Å². The molecule has 0 fully saturated rings. The van der Waals surface area contributed by atoms with Crippen LogP contribution in [-0.2, 0) is 19.7 Å². The highest BCUT2D eigenvalue weighted by Gasteiger charge is 2.20. The van der Waals surface area contributed by atoms with Crippen molar-refractivity contribution >= 4 is 17.5 Å². The molecule has 1 amide bonds. The van der Waals surface area contributed by atoms with Crippen molar-refractivity contribution in [3.8, 4) is 5.75 Å². The first-order valence-corrected chi connectivity index (χ1v) is 9.00. The highest BCUT2D eigenvalue weighted by molar-refractivity contribution is 6.30. The topological polar surface area (TPSA) is 82.2 Å². The Bertz CT molecular complexity index is 948. The van der Waals surface area contributed by atoms with Crippen LogP contribution in [0.25, 0.3) is 0 Å². The van der Waals surface area contributed by atoms with Crippen molar-refractivity contribution < 1.29 is 14.1 Å². The summed E-state index contributed by atoms with van der Waals surface area (Å²) in [5.74, 6) is 0.828. The van der Waals surface area contributed by atoms with Crippen LogP contribution in [-0.4, -0.2) is 20.8 Å². The molecule has 0 bridgehead atoms. The molecule has 0 aliphatic carbocycles. The quantitative estimate of drug-likeness (QED) is 0.667. The Balaban J connectivity index is 1.67. The molecule has 2 aromatic heterocycles. The lowest BCUT2D eigenvalue weighted by atomic mass is 10.2. The number of aryl methyl sites for hydroxylation is 2. The minimum absolute atomic E-state index is 0.158. The summed E-state index contributed by atoms with van der Waals surface area (Å²) in [6.45, 7) is 7.05. The SMILES string of the molecule is CCn1ncc(CNC(=O)c2noc(C)c2COc2cccc(Cl)c2)c1C. The number of nitrogens with zero attached hydrogens (tertiary/aromatic N) is 3. The van der Waals surface area contributed by atoms with Crippen molar-refractivity contribution in [2.24, 2.45) is 0 Å². The number of hydrogen-bond donors (Lipinski definition) is 1. The summed E-state index contributed by atoms with van der Waals surface area (Å²) in [6.07, 6.45) is 1.76. The largest absolute Gasteiger partial charge is 0.489 e. The predicted molar refractivity (Wildman–Crippen MR) is 101 cm³/mol. The van der Waals surface area contributed by atoms with Crippen molar-refractivity contribution in [3.63, 3.8) is 0 Å². The van der Waals surface area contributed by atoms with Gasteiger partial charge in [0.1, 0.15) is 18.1 Å². The maximum atomic E-state index is 12.6. The fourth-order valence-electron chi connectivity index (χ4n) is 2.69. The molecule has 0 saturated heterocycles. The summed E-state index contributed by atoms with van der Waals surface area (Å²) in [6, 6.07) is 7.06. The first-order valence-electron chi connectivity index (χ1n) is 8.62. The number of rotatable bonds is 7. The highest BCUT2D eigenvalue weighted by Crippen LogP contribution is 2.21. The number of nitrogens with one attached hydrogen (secondary N) is 1. The maximum Gasteiger partial charge on any atom is 0.274 e. The van der Waals surface area contributed by atoms with Gasteiger partial charge < -0.3 is 14.6 Å². The van der Waals surface area contributed by atoms with Crippen LogP contribution in [0, 0.1) is 13.8 Å². The van der Waals surface area contributed by atoms with Gasteiger partial charge in [0, 0.05) is 29.4 Å². The summed E-state index contributed by atoms with van der Waals surface area (Å²) in [4.78, 5) is 12.6. The molecule has 0 atom stereocenters. The van der Waals surface area contributed by atoms with E-state index in [9.17, 15) is 4.79 Å². The van der Waals surface area contributed by atoms with Gasteiger partial charge in [-0.15, -0.1) is 0 Å². The van der Waals surface area contributed by atoms with Gasteiger partial charge in [0.15, 0.2) is 5.69 Å². The minimum atomic E-state index is -0.319. The normalized spacial score (nSPS) is 10.8. The van der Waals surface area contributed by atoms with E-state index in [0.717, 1.165) is 17.8 Å². The zero-order valence-corrected chi connectivity index (χ0v) is 16.2. The van der Waals surface area contributed by atoms with E-state index in [1.807, 2.05) is 18.5 Å². The summed E-state index contributed by atoms with van der Waals surface area (Å²) < 4.78 is 12.8. The number of amides is 1. The standard InChI is InChI=1S/C19H21ClN4O3/c1-4-24-12(2)14(10-22-24)9-21-19(25)18-17(13(3)27-23-18)11-26-16-7-5-6-15(20)8-16/h5-8,10H,4,9,11H2,1-3H3,(H,21,25). The van der Waals surface area contributed by atoms with E-state index in [4.69, 9.17) is 20.9 Å². The Morgan fingerprint density at radius 2 is 2.19 bits per heavy atom. The Kier molecular flexibility index (Phi) is 5.81. The van der Waals surface area contributed by atoms with E-state index in [-0.39, 0.29) is 18.2 Å². The van der Waals surface area contributed by atoms with E-state index in [2.05, 4.69) is 15.6 Å². The number of carbonyl (C=O) groups excluding carboxylic acids is 1. The maximum absolute atomic E-state index is 12.6. The van der Waals surface area contributed by atoms with Crippen LogP contribution in [0.15, 0.2) is 35.0 Å². The molecule has 3 aromatic rings. The molecule has 3 rings (SSSR count). The molecule has 0 aliphatic rings. The van der Waals surface area contributed by atoms with Gasteiger partial charge in [0.2, 0.25) is 0 Å². The van der Waals surface area contributed by atoms with Crippen LogP contribution in [0.4, 0.5) is 0 Å². The average molecular weight is 389 g/mol. The fourth-order valence-corrected chi connectivity index (χ4v) is 2.87. The second-order valence-corrected chi connectivity index (χ2v) is 6.50. The first kappa shape index (κ1) is 19.0. The molecule has 1 N–H and O–H groups in total. The molecule has 0 saturated carbocycles. The van der Waals surface area contributed by atoms with Crippen LogP contribution in [0.3, 0.4) is 0 Å². The molecule has 7 nitrogen and oxygen atoms in total. The molecular weight excluding hydrogens is 368 g/mol. The molecule has 142 valence electrons. The van der Waals surface area contributed by atoms with Crippen LogP contribution in [0.2, 0.25) is 5.02 Å². The number of halogens is 1. The van der Waals surface area contributed by atoms with Crippen LogP contribution < -0.4 is 10.1 Å². The molecule has 27 heavy (non-hydrogen) atoms. The zero-order valence-electron chi connectivity index (χ0n) is 15.5. The molecule has 0 radical (unpaired) electrons. The van der Waals surface area contributed by atoms with Crippen LogP contribution >= 0.6 is 11.6 Å². The highest BCUT2D eigenvalue weighted by atomic mass is 35.5. The average Bonchev–Trinajstić information content (AvgIpc) is 3.20. The second-order valence-electron chi connectivity index (χ2n) is 6.07. The number of benzene rings is 1. The third kappa shape index (κ3) is 4.31. The van der Waals surface area contributed by atoms with E-state index in [0.29, 0.717) is 28.6 Å². The lowest BCUT2D eigenvalue weighted by Crippen LogP contribution is -2.25. The second kappa shape index (κ2) is 8.26. The van der Waals surface area contributed by atoms with Crippen LogP contribution in [0.1, 0.15) is 40.0 Å². The molecule has 0 unspecified atom stereocenters. The Hall–Kier alpha value is -2.80. The number of aromatic nitrogens is 3. The van der Waals surface area contributed by atoms with E-state index < -0.39 is 0 Å². The summed E-state index contributed by atoms with van der Waals surface area (Å²) in [5.41, 5.74) is 2.81. The third-order valence-electron chi connectivity index (χ3n) is 4.32. The van der Waals surface area contributed by atoms with Gasteiger partial charge >= 0.3 is 0 Å². The molecule has 0 aliphatic heterocycles.